The first-order chi connectivity index (χ1) is 8.50. The van der Waals surface area contributed by atoms with Crippen LogP contribution in [0.2, 0.25) is 0 Å². The van der Waals surface area contributed by atoms with Crippen molar-refractivity contribution in [1.29, 1.82) is 0 Å². The average Bonchev–Trinajstić information content (AvgIpc) is 2.34. The maximum Gasteiger partial charge on any atom is 0.322 e. The number of carbonyl (C=O) groups excluding carboxylic acids is 2. The molecule has 1 aromatic rings. The van der Waals surface area contributed by atoms with E-state index in [1.54, 1.807) is 0 Å². The van der Waals surface area contributed by atoms with Crippen LogP contribution in [-0.4, -0.2) is 41.0 Å². The van der Waals surface area contributed by atoms with E-state index in [0.29, 0.717) is 0 Å². The van der Waals surface area contributed by atoms with Gasteiger partial charge >= 0.3 is 5.97 Å². The van der Waals surface area contributed by atoms with Gasteiger partial charge in [0.2, 0.25) is 11.9 Å². The third kappa shape index (κ3) is 4.16. The lowest BCUT2D eigenvalue weighted by Gasteiger charge is -2.05. The van der Waals surface area contributed by atoms with Gasteiger partial charge in [0.15, 0.2) is 0 Å². The van der Waals surface area contributed by atoms with Crippen molar-refractivity contribution in [2.24, 2.45) is 0 Å². The summed E-state index contributed by atoms with van der Waals surface area (Å²) in [6.07, 6.45) is 1.19. The van der Waals surface area contributed by atoms with Crippen LogP contribution in [0.4, 0.5) is 4.39 Å². The molecule has 0 radical (unpaired) electrons. The molecule has 0 unspecified atom stereocenters. The number of hydrogen-bond acceptors (Lipinski definition) is 4. The molecular formula is C10H10FN3O4. The van der Waals surface area contributed by atoms with E-state index in [0.717, 1.165) is 0 Å². The van der Waals surface area contributed by atoms with E-state index in [1.165, 1.54) is 18.3 Å². The summed E-state index contributed by atoms with van der Waals surface area (Å²) < 4.78 is 13.1. The highest BCUT2D eigenvalue weighted by atomic mass is 19.1. The first-order valence-electron chi connectivity index (χ1n) is 4.88. The number of aromatic nitrogens is 1. The number of amides is 2. The van der Waals surface area contributed by atoms with Crippen molar-refractivity contribution in [1.82, 2.24) is 15.6 Å². The van der Waals surface area contributed by atoms with Crippen LogP contribution >= 0.6 is 0 Å². The fourth-order valence-electron chi connectivity index (χ4n) is 1.05. The second-order valence-electron chi connectivity index (χ2n) is 3.19. The smallest absolute Gasteiger partial charge is 0.322 e. The Balaban J connectivity index is 2.45. The number of carboxylic acids is 1. The zero-order chi connectivity index (χ0) is 13.5. The number of nitrogens with zero attached hydrogens (tertiary/aromatic N) is 1. The van der Waals surface area contributed by atoms with Crippen molar-refractivity contribution < 1.29 is 23.9 Å². The molecule has 96 valence electrons. The second kappa shape index (κ2) is 6.28. The predicted octanol–water partition coefficient (Wildman–Crippen LogP) is -0.849. The quantitative estimate of drug-likeness (QED) is 0.594. The van der Waals surface area contributed by atoms with Gasteiger partial charge in [0.1, 0.15) is 6.54 Å². The summed E-state index contributed by atoms with van der Waals surface area (Å²) in [6, 6.07) is 2.59. The van der Waals surface area contributed by atoms with E-state index in [2.05, 4.69) is 10.3 Å². The summed E-state index contributed by atoms with van der Waals surface area (Å²) in [5.41, 5.74) is -0.288. The zero-order valence-corrected chi connectivity index (χ0v) is 9.14. The summed E-state index contributed by atoms with van der Waals surface area (Å²) in [5.74, 6) is -3.63. The van der Waals surface area contributed by atoms with Crippen molar-refractivity contribution in [3.05, 3.63) is 29.8 Å². The zero-order valence-electron chi connectivity index (χ0n) is 9.14. The Morgan fingerprint density at radius 2 is 2.00 bits per heavy atom. The van der Waals surface area contributed by atoms with Crippen LogP contribution in [0, 0.1) is 5.95 Å². The number of carbonyl (C=O) groups is 3. The number of rotatable bonds is 5. The molecule has 0 aliphatic rings. The summed E-state index contributed by atoms with van der Waals surface area (Å²) >= 11 is 0. The van der Waals surface area contributed by atoms with E-state index in [-0.39, 0.29) is 5.56 Å². The Morgan fingerprint density at radius 3 is 2.61 bits per heavy atom. The maximum absolute atomic E-state index is 13.1. The van der Waals surface area contributed by atoms with Gasteiger partial charge in [-0.25, -0.2) is 4.98 Å². The Kier molecular flexibility index (Phi) is 4.73. The molecule has 3 N–H and O–H groups in total. The predicted molar refractivity (Wildman–Crippen MR) is 57.2 cm³/mol. The van der Waals surface area contributed by atoms with E-state index in [9.17, 15) is 18.8 Å². The Hall–Kier alpha value is -2.51. The Bertz CT molecular complexity index is 478. The highest BCUT2D eigenvalue weighted by Gasteiger charge is 2.13. The molecule has 0 atom stereocenters. The van der Waals surface area contributed by atoms with Gasteiger partial charge in [0, 0.05) is 6.20 Å². The van der Waals surface area contributed by atoms with Gasteiger partial charge < -0.3 is 15.7 Å². The third-order valence-corrected chi connectivity index (χ3v) is 1.85. The third-order valence-electron chi connectivity index (χ3n) is 1.85. The molecule has 1 rings (SSSR count). The molecule has 7 nitrogen and oxygen atoms in total. The van der Waals surface area contributed by atoms with Crippen LogP contribution in [0.15, 0.2) is 18.3 Å². The van der Waals surface area contributed by atoms with Gasteiger partial charge in [-0.1, -0.05) is 0 Å². The number of hydrogen-bond donors (Lipinski definition) is 3. The molecule has 0 aromatic carbocycles. The lowest BCUT2D eigenvalue weighted by Crippen LogP contribution is -2.39. The number of nitrogens with one attached hydrogen (secondary N) is 2. The van der Waals surface area contributed by atoms with Crippen LogP contribution in [0.25, 0.3) is 0 Å². The molecule has 8 heteroatoms. The molecule has 0 aliphatic heterocycles. The van der Waals surface area contributed by atoms with Crippen LogP contribution in [0.5, 0.6) is 0 Å². The summed E-state index contributed by atoms with van der Waals surface area (Å²) in [4.78, 5) is 35.9. The highest BCUT2D eigenvalue weighted by Crippen LogP contribution is 2.01. The first-order valence-corrected chi connectivity index (χ1v) is 4.88. The highest BCUT2D eigenvalue weighted by molar-refractivity contribution is 5.96. The standard InChI is InChI=1S/C10H10FN3O4/c11-9-6(2-1-3-12-9)10(18)14-4-7(15)13-5-8(16)17/h1-3H,4-5H2,(H,13,15)(H,14,18)(H,16,17). The second-order valence-corrected chi connectivity index (χ2v) is 3.19. The first kappa shape index (κ1) is 13.6. The van der Waals surface area contributed by atoms with Crippen molar-refractivity contribution >= 4 is 17.8 Å². The van der Waals surface area contributed by atoms with Gasteiger partial charge in [-0.2, -0.15) is 4.39 Å². The van der Waals surface area contributed by atoms with E-state index in [4.69, 9.17) is 5.11 Å². The normalized spacial score (nSPS) is 9.61. The molecule has 18 heavy (non-hydrogen) atoms. The van der Waals surface area contributed by atoms with Crippen molar-refractivity contribution in [3.8, 4) is 0 Å². The molecule has 1 aromatic heterocycles. The topological polar surface area (TPSA) is 108 Å². The molecule has 0 fully saturated rings. The van der Waals surface area contributed by atoms with Crippen molar-refractivity contribution in [3.63, 3.8) is 0 Å². The maximum atomic E-state index is 13.1. The molecular weight excluding hydrogens is 245 g/mol. The average molecular weight is 255 g/mol. The molecule has 2 amide bonds. The molecule has 1 heterocycles. The van der Waals surface area contributed by atoms with Gasteiger partial charge in [-0.15, -0.1) is 0 Å². The van der Waals surface area contributed by atoms with E-state index >= 15 is 0 Å². The number of halogens is 1. The van der Waals surface area contributed by atoms with Gasteiger partial charge in [0.05, 0.1) is 12.1 Å². The van der Waals surface area contributed by atoms with Crippen LogP contribution in [0.3, 0.4) is 0 Å². The minimum absolute atomic E-state index is 0.288. The summed E-state index contributed by atoms with van der Waals surface area (Å²) in [6.45, 7) is -0.990. The van der Waals surface area contributed by atoms with Crippen LogP contribution in [0.1, 0.15) is 10.4 Å². The fourth-order valence-corrected chi connectivity index (χ4v) is 1.05. The van der Waals surface area contributed by atoms with Gasteiger partial charge in [-0.05, 0) is 12.1 Å². The summed E-state index contributed by atoms with van der Waals surface area (Å²) in [5, 5.41) is 12.5. The number of aliphatic carboxylic acids is 1. The minimum atomic E-state index is -1.20. The van der Waals surface area contributed by atoms with Crippen LogP contribution < -0.4 is 10.6 Å². The summed E-state index contributed by atoms with van der Waals surface area (Å²) in [7, 11) is 0. The minimum Gasteiger partial charge on any atom is -0.480 e. The number of carboxylic acid groups (broad SMARTS) is 1. The van der Waals surface area contributed by atoms with E-state index < -0.39 is 36.8 Å². The lowest BCUT2D eigenvalue weighted by molar-refractivity contribution is -0.137. The molecule has 0 aliphatic carbocycles. The lowest BCUT2D eigenvalue weighted by atomic mass is 10.2. The molecule has 0 bridgehead atoms. The monoisotopic (exact) mass is 255 g/mol. The van der Waals surface area contributed by atoms with Gasteiger partial charge in [-0.3, -0.25) is 14.4 Å². The molecule has 0 saturated heterocycles. The Labute approximate surface area is 101 Å². The fraction of sp³-hybridized carbons (Fsp3) is 0.200. The van der Waals surface area contributed by atoms with Crippen molar-refractivity contribution in [2.45, 2.75) is 0 Å². The molecule has 0 saturated carbocycles. The van der Waals surface area contributed by atoms with Crippen LogP contribution in [-0.2, 0) is 9.59 Å². The largest absolute Gasteiger partial charge is 0.480 e. The Morgan fingerprint density at radius 1 is 1.28 bits per heavy atom. The van der Waals surface area contributed by atoms with Gasteiger partial charge in [0.25, 0.3) is 5.91 Å². The van der Waals surface area contributed by atoms with E-state index in [1.807, 2.05) is 5.32 Å². The van der Waals surface area contributed by atoms with Crippen molar-refractivity contribution in [2.75, 3.05) is 13.1 Å². The molecule has 0 spiro atoms. The number of pyridine rings is 1. The SMILES string of the molecule is O=C(O)CNC(=O)CNC(=O)c1cccnc1F.